The predicted octanol–water partition coefficient (Wildman–Crippen LogP) is 2.95. The molecule has 1 aliphatic heterocycles. The molecule has 1 aromatic carbocycles. The van der Waals surface area contributed by atoms with Gasteiger partial charge in [0.1, 0.15) is 10.7 Å². The zero-order valence-electron chi connectivity index (χ0n) is 14.3. The third kappa shape index (κ3) is 2.66. The van der Waals surface area contributed by atoms with E-state index in [9.17, 15) is 9.59 Å². The minimum atomic E-state index is -0.145. The van der Waals surface area contributed by atoms with Gasteiger partial charge in [0.15, 0.2) is 0 Å². The third-order valence-electron chi connectivity index (χ3n) is 4.82. The van der Waals surface area contributed by atoms with Crippen LogP contribution >= 0.6 is 11.3 Å². The van der Waals surface area contributed by atoms with E-state index in [4.69, 9.17) is 0 Å². The van der Waals surface area contributed by atoms with Gasteiger partial charge in [0.25, 0.3) is 11.5 Å². The Morgan fingerprint density at radius 1 is 1.32 bits per heavy atom. The lowest BCUT2D eigenvalue weighted by Crippen LogP contribution is -2.23. The van der Waals surface area contributed by atoms with Gasteiger partial charge in [0.05, 0.1) is 10.3 Å². The SMILES string of the molecule is Cc1ccccc1CNC(=O)c1sc2nc3n(c(=O)c2c1C)CCC3. The van der Waals surface area contributed by atoms with Crippen molar-refractivity contribution in [2.45, 2.75) is 39.8 Å². The fraction of sp³-hybridized carbons (Fsp3) is 0.316. The summed E-state index contributed by atoms with van der Waals surface area (Å²) in [4.78, 5) is 31.2. The molecular formula is C19H19N3O2S. The monoisotopic (exact) mass is 353 g/mol. The van der Waals surface area contributed by atoms with E-state index in [0.29, 0.717) is 21.6 Å². The van der Waals surface area contributed by atoms with Gasteiger partial charge in [-0.3, -0.25) is 14.2 Å². The van der Waals surface area contributed by atoms with Crippen LogP contribution in [0.5, 0.6) is 0 Å². The van der Waals surface area contributed by atoms with Crippen molar-refractivity contribution in [3.63, 3.8) is 0 Å². The number of hydrogen-bond acceptors (Lipinski definition) is 4. The molecule has 0 fully saturated rings. The summed E-state index contributed by atoms with van der Waals surface area (Å²) < 4.78 is 1.75. The van der Waals surface area contributed by atoms with E-state index in [1.165, 1.54) is 11.3 Å². The Balaban J connectivity index is 1.66. The Morgan fingerprint density at radius 2 is 2.12 bits per heavy atom. The molecule has 3 heterocycles. The smallest absolute Gasteiger partial charge is 0.262 e. The maximum atomic E-state index is 12.7. The summed E-state index contributed by atoms with van der Waals surface area (Å²) in [6.07, 6.45) is 1.79. The molecule has 0 saturated heterocycles. The molecule has 2 aromatic heterocycles. The molecule has 0 radical (unpaired) electrons. The first kappa shape index (κ1) is 16.0. The average Bonchev–Trinajstić information content (AvgIpc) is 3.19. The molecule has 1 amide bonds. The van der Waals surface area contributed by atoms with E-state index in [1.807, 2.05) is 38.1 Å². The minimum absolute atomic E-state index is 0.01000. The number of nitrogens with zero attached hydrogens (tertiary/aromatic N) is 2. The van der Waals surface area contributed by atoms with Gasteiger partial charge in [-0.05, 0) is 37.0 Å². The Morgan fingerprint density at radius 3 is 2.92 bits per heavy atom. The normalized spacial score (nSPS) is 13.2. The van der Waals surface area contributed by atoms with Crippen LogP contribution in [0.2, 0.25) is 0 Å². The summed E-state index contributed by atoms with van der Waals surface area (Å²) in [6, 6.07) is 7.98. The summed E-state index contributed by atoms with van der Waals surface area (Å²) in [6.45, 7) is 5.06. The summed E-state index contributed by atoms with van der Waals surface area (Å²) in [5, 5.41) is 3.56. The van der Waals surface area contributed by atoms with Gasteiger partial charge in [-0.15, -0.1) is 11.3 Å². The molecule has 3 aromatic rings. The van der Waals surface area contributed by atoms with Crippen LogP contribution in [0.1, 0.15) is 38.6 Å². The van der Waals surface area contributed by atoms with Crippen LogP contribution in [-0.2, 0) is 19.5 Å². The number of amides is 1. The quantitative estimate of drug-likeness (QED) is 0.787. The fourth-order valence-corrected chi connectivity index (χ4v) is 4.46. The summed E-state index contributed by atoms with van der Waals surface area (Å²) in [5.74, 6) is 0.693. The molecule has 6 heteroatoms. The number of aryl methyl sites for hydroxylation is 3. The highest BCUT2D eigenvalue weighted by molar-refractivity contribution is 7.20. The van der Waals surface area contributed by atoms with E-state index in [1.54, 1.807) is 4.57 Å². The summed E-state index contributed by atoms with van der Waals surface area (Å²) >= 11 is 1.32. The maximum Gasteiger partial charge on any atom is 0.262 e. The third-order valence-corrected chi connectivity index (χ3v) is 6.00. The first-order chi connectivity index (χ1) is 12.1. The number of thiophene rings is 1. The second-order valence-electron chi connectivity index (χ2n) is 6.43. The number of benzene rings is 1. The average molecular weight is 353 g/mol. The molecular weight excluding hydrogens is 334 g/mol. The van der Waals surface area contributed by atoms with Crippen molar-refractivity contribution < 1.29 is 4.79 Å². The van der Waals surface area contributed by atoms with Crippen LogP contribution < -0.4 is 10.9 Å². The largest absolute Gasteiger partial charge is 0.347 e. The second-order valence-corrected chi connectivity index (χ2v) is 7.43. The van der Waals surface area contributed by atoms with E-state index in [-0.39, 0.29) is 11.5 Å². The van der Waals surface area contributed by atoms with Crippen molar-refractivity contribution in [2.75, 3.05) is 0 Å². The lowest BCUT2D eigenvalue weighted by molar-refractivity contribution is 0.0954. The molecule has 0 spiro atoms. The molecule has 4 rings (SSSR count). The number of carbonyl (C=O) groups excluding carboxylic acids is 1. The van der Waals surface area contributed by atoms with Gasteiger partial charge in [-0.25, -0.2) is 4.98 Å². The van der Waals surface area contributed by atoms with Crippen molar-refractivity contribution in [3.8, 4) is 0 Å². The molecule has 5 nitrogen and oxygen atoms in total. The molecule has 0 unspecified atom stereocenters. The minimum Gasteiger partial charge on any atom is -0.347 e. The molecule has 1 N–H and O–H groups in total. The Bertz CT molecular complexity index is 1050. The molecule has 1 aliphatic rings. The van der Waals surface area contributed by atoms with Gasteiger partial charge < -0.3 is 5.32 Å². The lowest BCUT2D eigenvalue weighted by atomic mass is 10.1. The van der Waals surface area contributed by atoms with Crippen LogP contribution in [0.15, 0.2) is 29.1 Å². The Kier molecular flexibility index (Phi) is 3.92. The van der Waals surface area contributed by atoms with Crippen LogP contribution in [0.3, 0.4) is 0 Å². The van der Waals surface area contributed by atoms with E-state index >= 15 is 0 Å². The topological polar surface area (TPSA) is 64.0 Å². The van der Waals surface area contributed by atoms with Crippen molar-refractivity contribution in [1.29, 1.82) is 0 Å². The molecule has 128 valence electrons. The molecule has 25 heavy (non-hydrogen) atoms. The second kappa shape index (κ2) is 6.11. The summed E-state index contributed by atoms with van der Waals surface area (Å²) in [5.41, 5.74) is 2.96. The first-order valence-corrected chi connectivity index (χ1v) is 9.23. The van der Waals surface area contributed by atoms with E-state index in [2.05, 4.69) is 10.3 Å². The zero-order chi connectivity index (χ0) is 17.6. The standard InChI is InChI=1S/C19H19N3O2S/c1-11-6-3-4-7-13(11)10-20-17(23)16-12(2)15-18(25-16)21-14-8-5-9-22(14)19(15)24/h3-4,6-7H,5,8-10H2,1-2H3,(H,20,23). The number of fused-ring (bicyclic) bond motifs is 2. The van der Waals surface area contributed by atoms with Gasteiger partial charge in [-0.1, -0.05) is 24.3 Å². The van der Waals surface area contributed by atoms with Crippen molar-refractivity contribution in [2.24, 2.45) is 0 Å². The molecule has 0 aliphatic carbocycles. The lowest BCUT2D eigenvalue weighted by Gasteiger charge is -2.07. The van der Waals surface area contributed by atoms with Crippen molar-refractivity contribution >= 4 is 27.5 Å². The maximum absolute atomic E-state index is 12.7. The van der Waals surface area contributed by atoms with Crippen LogP contribution in [0.4, 0.5) is 0 Å². The highest BCUT2D eigenvalue weighted by Gasteiger charge is 2.23. The van der Waals surface area contributed by atoms with Gasteiger partial charge in [-0.2, -0.15) is 0 Å². The number of aromatic nitrogens is 2. The molecule has 0 bridgehead atoms. The van der Waals surface area contributed by atoms with Gasteiger partial charge in [0, 0.05) is 19.5 Å². The number of nitrogens with one attached hydrogen (secondary N) is 1. The number of carbonyl (C=O) groups is 1. The summed E-state index contributed by atoms with van der Waals surface area (Å²) in [7, 11) is 0. The van der Waals surface area contributed by atoms with Crippen LogP contribution in [-0.4, -0.2) is 15.5 Å². The Labute approximate surface area is 149 Å². The van der Waals surface area contributed by atoms with Crippen LogP contribution in [0.25, 0.3) is 10.2 Å². The van der Waals surface area contributed by atoms with Gasteiger partial charge >= 0.3 is 0 Å². The van der Waals surface area contributed by atoms with E-state index < -0.39 is 0 Å². The highest BCUT2D eigenvalue weighted by Crippen LogP contribution is 2.28. The number of rotatable bonds is 3. The first-order valence-electron chi connectivity index (χ1n) is 8.42. The Hall–Kier alpha value is -2.47. The predicted molar refractivity (Wildman–Crippen MR) is 99.3 cm³/mol. The fourth-order valence-electron chi connectivity index (χ4n) is 3.36. The van der Waals surface area contributed by atoms with Crippen molar-refractivity contribution in [3.05, 3.63) is 62.0 Å². The van der Waals surface area contributed by atoms with Gasteiger partial charge in [0.2, 0.25) is 0 Å². The van der Waals surface area contributed by atoms with Crippen LogP contribution in [0, 0.1) is 13.8 Å². The zero-order valence-corrected chi connectivity index (χ0v) is 15.1. The number of hydrogen-bond donors (Lipinski definition) is 1. The molecule has 0 saturated carbocycles. The van der Waals surface area contributed by atoms with Crippen molar-refractivity contribution in [1.82, 2.24) is 14.9 Å². The highest BCUT2D eigenvalue weighted by atomic mass is 32.1. The van der Waals surface area contributed by atoms with E-state index in [0.717, 1.165) is 41.9 Å². The molecule has 0 atom stereocenters.